The molecule has 2 N–H and O–H groups in total. The molecular weight excluding hydrogens is 314 g/mol. The molecule has 0 unspecified atom stereocenters. The summed E-state index contributed by atoms with van der Waals surface area (Å²) in [7, 11) is 1.30. The number of hydrogen-bond donors (Lipinski definition) is 2. The predicted molar refractivity (Wildman–Crippen MR) is 88.0 cm³/mol. The SMILES string of the molecule is COC(=O)c1ccc(NCC(=O)Nc2ccc([N+](=O)[O-])cc2)cc1. The van der Waals surface area contributed by atoms with Crippen LogP contribution >= 0.6 is 0 Å². The van der Waals surface area contributed by atoms with E-state index in [1.54, 1.807) is 24.3 Å². The van der Waals surface area contributed by atoms with Crippen LogP contribution in [0.1, 0.15) is 10.4 Å². The molecule has 0 radical (unpaired) electrons. The van der Waals surface area contributed by atoms with Gasteiger partial charge in [-0.3, -0.25) is 14.9 Å². The number of ether oxygens (including phenoxy) is 1. The van der Waals surface area contributed by atoms with E-state index in [9.17, 15) is 19.7 Å². The highest BCUT2D eigenvalue weighted by atomic mass is 16.6. The van der Waals surface area contributed by atoms with Crippen molar-refractivity contribution < 1.29 is 19.2 Å². The molecule has 1 amide bonds. The van der Waals surface area contributed by atoms with Crippen LogP contribution < -0.4 is 10.6 Å². The summed E-state index contributed by atoms with van der Waals surface area (Å²) in [5.74, 6) is -0.738. The van der Waals surface area contributed by atoms with Crippen LogP contribution in [0.5, 0.6) is 0 Å². The van der Waals surface area contributed by atoms with Crippen LogP contribution in [0.4, 0.5) is 17.1 Å². The van der Waals surface area contributed by atoms with Crippen molar-refractivity contribution in [2.75, 3.05) is 24.3 Å². The van der Waals surface area contributed by atoms with Gasteiger partial charge in [0.25, 0.3) is 5.69 Å². The Morgan fingerprint density at radius 2 is 1.62 bits per heavy atom. The van der Waals surface area contributed by atoms with E-state index in [0.29, 0.717) is 16.9 Å². The normalized spacial score (nSPS) is 9.88. The zero-order chi connectivity index (χ0) is 17.5. The van der Waals surface area contributed by atoms with Gasteiger partial charge in [-0.1, -0.05) is 0 Å². The lowest BCUT2D eigenvalue weighted by molar-refractivity contribution is -0.384. The Bertz CT molecular complexity index is 741. The second-order valence-electron chi connectivity index (χ2n) is 4.77. The smallest absolute Gasteiger partial charge is 0.337 e. The second kappa shape index (κ2) is 7.73. The summed E-state index contributed by atoms with van der Waals surface area (Å²) in [6, 6.07) is 12.0. The number of amides is 1. The van der Waals surface area contributed by atoms with E-state index in [1.165, 1.54) is 31.4 Å². The number of methoxy groups -OCH3 is 1. The first-order valence-corrected chi connectivity index (χ1v) is 6.96. The highest BCUT2D eigenvalue weighted by Crippen LogP contribution is 2.15. The lowest BCUT2D eigenvalue weighted by atomic mass is 10.2. The molecule has 0 heterocycles. The fourth-order valence-corrected chi connectivity index (χ4v) is 1.90. The maximum absolute atomic E-state index is 11.8. The first-order valence-electron chi connectivity index (χ1n) is 6.96. The number of esters is 1. The van der Waals surface area contributed by atoms with E-state index < -0.39 is 10.9 Å². The van der Waals surface area contributed by atoms with E-state index in [0.717, 1.165) is 0 Å². The van der Waals surface area contributed by atoms with Crippen LogP contribution in [0, 0.1) is 10.1 Å². The molecule has 0 aliphatic rings. The summed E-state index contributed by atoms with van der Waals surface area (Å²) in [6.45, 7) is 0.00849. The van der Waals surface area contributed by atoms with Crippen LogP contribution in [-0.2, 0) is 9.53 Å². The summed E-state index contributed by atoms with van der Waals surface area (Å²) < 4.78 is 4.60. The lowest BCUT2D eigenvalue weighted by Crippen LogP contribution is -2.21. The standard InChI is InChI=1S/C16H15N3O5/c1-24-16(21)11-2-4-12(5-3-11)17-10-15(20)18-13-6-8-14(9-7-13)19(22)23/h2-9,17H,10H2,1H3,(H,18,20). The summed E-state index contributed by atoms with van der Waals surface area (Å²) >= 11 is 0. The highest BCUT2D eigenvalue weighted by Gasteiger charge is 2.07. The molecule has 8 nitrogen and oxygen atoms in total. The number of rotatable bonds is 6. The molecule has 0 saturated heterocycles. The average molecular weight is 329 g/mol. The molecule has 124 valence electrons. The number of nitro benzene ring substituents is 1. The first-order chi connectivity index (χ1) is 11.5. The van der Waals surface area contributed by atoms with Gasteiger partial charge < -0.3 is 15.4 Å². The molecule has 0 aliphatic heterocycles. The summed E-state index contributed by atoms with van der Waals surface area (Å²) in [4.78, 5) is 33.2. The molecule has 2 rings (SSSR count). The molecule has 0 aliphatic carbocycles. The average Bonchev–Trinajstić information content (AvgIpc) is 2.60. The van der Waals surface area contributed by atoms with Gasteiger partial charge >= 0.3 is 5.97 Å². The second-order valence-corrected chi connectivity index (χ2v) is 4.77. The van der Waals surface area contributed by atoms with Gasteiger partial charge in [0.05, 0.1) is 24.1 Å². The zero-order valence-electron chi connectivity index (χ0n) is 12.8. The Morgan fingerprint density at radius 1 is 1.04 bits per heavy atom. The zero-order valence-corrected chi connectivity index (χ0v) is 12.8. The maximum Gasteiger partial charge on any atom is 0.337 e. The minimum absolute atomic E-state index is 0.00849. The van der Waals surface area contributed by atoms with E-state index in [2.05, 4.69) is 15.4 Å². The Balaban J connectivity index is 1.86. The van der Waals surface area contributed by atoms with Crippen LogP contribution in [-0.4, -0.2) is 30.5 Å². The van der Waals surface area contributed by atoms with Crippen molar-refractivity contribution in [2.45, 2.75) is 0 Å². The molecule has 0 aromatic heterocycles. The van der Waals surface area contributed by atoms with Gasteiger partial charge in [-0.05, 0) is 36.4 Å². The number of non-ortho nitro benzene ring substituents is 1. The van der Waals surface area contributed by atoms with Crippen molar-refractivity contribution >= 4 is 28.9 Å². The third kappa shape index (κ3) is 4.54. The van der Waals surface area contributed by atoms with E-state index in [4.69, 9.17) is 0 Å². The first kappa shape index (κ1) is 16.9. The van der Waals surface area contributed by atoms with Crippen molar-refractivity contribution in [1.29, 1.82) is 0 Å². The third-order valence-corrected chi connectivity index (χ3v) is 3.12. The molecule has 0 bridgehead atoms. The number of hydrogen-bond acceptors (Lipinski definition) is 6. The summed E-state index contributed by atoms with van der Waals surface area (Å²) in [6.07, 6.45) is 0. The number of carbonyl (C=O) groups is 2. The number of nitro groups is 1. The van der Waals surface area contributed by atoms with Crippen molar-refractivity contribution in [3.8, 4) is 0 Å². The third-order valence-electron chi connectivity index (χ3n) is 3.12. The molecule has 8 heteroatoms. The summed E-state index contributed by atoms with van der Waals surface area (Å²) in [5.41, 5.74) is 1.50. The number of nitrogens with zero attached hydrogens (tertiary/aromatic N) is 1. The molecular formula is C16H15N3O5. The van der Waals surface area contributed by atoms with Gasteiger partial charge in [0.15, 0.2) is 0 Å². The van der Waals surface area contributed by atoms with Crippen molar-refractivity contribution in [3.63, 3.8) is 0 Å². The van der Waals surface area contributed by atoms with Gasteiger partial charge in [-0.2, -0.15) is 0 Å². The van der Waals surface area contributed by atoms with Crippen molar-refractivity contribution in [3.05, 3.63) is 64.2 Å². The van der Waals surface area contributed by atoms with Gasteiger partial charge in [0.1, 0.15) is 0 Å². The van der Waals surface area contributed by atoms with Crippen LogP contribution in [0.15, 0.2) is 48.5 Å². The number of carbonyl (C=O) groups excluding carboxylic acids is 2. The molecule has 0 spiro atoms. The van der Waals surface area contributed by atoms with Crippen molar-refractivity contribution in [1.82, 2.24) is 0 Å². The largest absolute Gasteiger partial charge is 0.465 e. The number of nitrogens with one attached hydrogen (secondary N) is 2. The van der Waals surface area contributed by atoms with Gasteiger partial charge in [-0.15, -0.1) is 0 Å². The highest BCUT2D eigenvalue weighted by molar-refractivity contribution is 5.94. The monoisotopic (exact) mass is 329 g/mol. The minimum Gasteiger partial charge on any atom is -0.465 e. The van der Waals surface area contributed by atoms with E-state index >= 15 is 0 Å². The fourth-order valence-electron chi connectivity index (χ4n) is 1.90. The molecule has 0 fully saturated rings. The van der Waals surface area contributed by atoms with Gasteiger partial charge in [0.2, 0.25) is 5.91 Å². The quantitative estimate of drug-likeness (QED) is 0.478. The van der Waals surface area contributed by atoms with E-state index in [1.807, 2.05) is 0 Å². The lowest BCUT2D eigenvalue weighted by Gasteiger charge is -2.08. The van der Waals surface area contributed by atoms with Crippen LogP contribution in [0.2, 0.25) is 0 Å². The Hall–Kier alpha value is -3.42. The minimum atomic E-state index is -0.509. The summed E-state index contributed by atoms with van der Waals surface area (Å²) in [5, 5.41) is 16.1. The number of benzene rings is 2. The van der Waals surface area contributed by atoms with Crippen LogP contribution in [0.25, 0.3) is 0 Å². The fraction of sp³-hybridized carbons (Fsp3) is 0.125. The van der Waals surface area contributed by atoms with Crippen molar-refractivity contribution in [2.24, 2.45) is 0 Å². The Labute approximate surface area is 137 Å². The molecule has 2 aromatic rings. The van der Waals surface area contributed by atoms with Gasteiger partial charge in [-0.25, -0.2) is 4.79 Å². The molecule has 0 atom stereocenters. The van der Waals surface area contributed by atoms with Crippen LogP contribution in [0.3, 0.4) is 0 Å². The molecule has 24 heavy (non-hydrogen) atoms. The maximum atomic E-state index is 11.8. The Kier molecular flexibility index (Phi) is 5.45. The topological polar surface area (TPSA) is 111 Å². The molecule has 2 aromatic carbocycles. The molecule has 0 saturated carbocycles. The van der Waals surface area contributed by atoms with E-state index in [-0.39, 0.29) is 18.1 Å². The van der Waals surface area contributed by atoms with Gasteiger partial charge in [0, 0.05) is 23.5 Å². The number of anilines is 2. The predicted octanol–water partition coefficient (Wildman–Crippen LogP) is 2.43. The Morgan fingerprint density at radius 3 is 2.17 bits per heavy atom.